The van der Waals surface area contributed by atoms with Gasteiger partial charge in [-0.05, 0) is 9.91 Å². The number of aliphatic hydroxyl groups is 1. The average molecular weight is 265 g/mol. The highest BCUT2D eigenvalue weighted by molar-refractivity contribution is 9.10. The van der Waals surface area contributed by atoms with Gasteiger partial charge in [0.25, 0.3) is 4.73 Å². The zero-order valence-electron chi connectivity index (χ0n) is 7.42. The van der Waals surface area contributed by atoms with E-state index in [2.05, 4.69) is 26.0 Å². The van der Waals surface area contributed by atoms with Crippen LogP contribution in [0.5, 0.6) is 0 Å². The molecule has 0 saturated heterocycles. The van der Waals surface area contributed by atoms with Crippen molar-refractivity contribution in [3.8, 4) is 0 Å². The van der Waals surface area contributed by atoms with Crippen LogP contribution in [0.3, 0.4) is 0 Å². The third-order valence-electron chi connectivity index (χ3n) is 1.57. The van der Waals surface area contributed by atoms with Crippen LogP contribution in [0.15, 0.2) is 4.73 Å². The topological polar surface area (TPSA) is 94.1 Å². The van der Waals surface area contributed by atoms with Gasteiger partial charge in [-0.25, -0.2) is 0 Å². The lowest BCUT2D eigenvalue weighted by Gasteiger charge is -2.03. The maximum Gasteiger partial charge on any atom is 0.492 e. The Balaban J connectivity index is 2.82. The average Bonchev–Trinajstić information content (AvgIpc) is 2.48. The molecule has 1 heterocycles. The molecule has 0 amide bonds. The summed E-state index contributed by atoms with van der Waals surface area (Å²) in [5.74, 6) is -0.463. The molecule has 0 spiro atoms. The van der Waals surface area contributed by atoms with Crippen molar-refractivity contribution in [2.24, 2.45) is 5.92 Å². The molecular weight excluding hydrogens is 256 g/mol. The minimum absolute atomic E-state index is 0.0000968. The molecule has 14 heavy (non-hydrogen) atoms. The third-order valence-corrected chi connectivity index (χ3v) is 2.16. The quantitative estimate of drug-likeness (QED) is 0.634. The van der Waals surface area contributed by atoms with E-state index in [9.17, 15) is 10.1 Å². The summed E-state index contributed by atoms with van der Waals surface area (Å²) < 4.78 is 1.64. The maximum atomic E-state index is 10.3. The van der Waals surface area contributed by atoms with Crippen LogP contribution in [0.1, 0.15) is 6.92 Å². The highest BCUT2D eigenvalue weighted by Crippen LogP contribution is 2.13. The molecule has 0 aliphatic heterocycles. The fourth-order valence-corrected chi connectivity index (χ4v) is 1.24. The van der Waals surface area contributed by atoms with E-state index in [1.807, 2.05) is 0 Å². The summed E-state index contributed by atoms with van der Waals surface area (Å²) >= 11 is 3.05. The van der Waals surface area contributed by atoms with Crippen molar-refractivity contribution in [3.05, 3.63) is 14.8 Å². The Morgan fingerprint density at radius 2 is 2.43 bits per heavy atom. The first-order valence-electron chi connectivity index (χ1n) is 3.90. The van der Waals surface area contributed by atoms with Crippen LogP contribution >= 0.6 is 15.9 Å². The molecule has 0 aliphatic rings. The SMILES string of the molecule is CC(CO)Cn1nc([N+](=O)[O-])nc1Br. The molecule has 1 unspecified atom stereocenters. The molecule has 0 aliphatic carbocycles. The Labute approximate surface area is 88.0 Å². The number of halogens is 1. The molecule has 78 valence electrons. The molecular formula is C6H9BrN4O3. The predicted octanol–water partition coefficient (Wildman–Crippen LogP) is 0.577. The number of rotatable bonds is 4. The van der Waals surface area contributed by atoms with Gasteiger partial charge in [0.1, 0.15) is 0 Å². The second-order valence-electron chi connectivity index (χ2n) is 2.91. The molecule has 0 radical (unpaired) electrons. The van der Waals surface area contributed by atoms with E-state index in [-0.39, 0.29) is 12.5 Å². The summed E-state index contributed by atoms with van der Waals surface area (Å²) in [6.45, 7) is 2.19. The number of hydrogen-bond acceptors (Lipinski definition) is 5. The first-order valence-corrected chi connectivity index (χ1v) is 4.69. The van der Waals surface area contributed by atoms with Gasteiger partial charge in [0.05, 0.1) is 6.54 Å². The van der Waals surface area contributed by atoms with Crippen molar-refractivity contribution in [2.45, 2.75) is 13.5 Å². The molecule has 8 heteroatoms. The van der Waals surface area contributed by atoms with Crippen LogP contribution in [0.2, 0.25) is 0 Å². The van der Waals surface area contributed by atoms with Crippen LogP contribution in [0.25, 0.3) is 0 Å². The summed E-state index contributed by atoms with van der Waals surface area (Å²) in [6.07, 6.45) is 0. The van der Waals surface area contributed by atoms with E-state index >= 15 is 0 Å². The lowest BCUT2D eigenvalue weighted by molar-refractivity contribution is -0.394. The summed E-state index contributed by atoms with van der Waals surface area (Å²) in [4.78, 5) is 13.2. The molecule has 1 atom stereocenters. The van der Waals surface area contributed by atoms with Crippen LogP contribution < -0.4 is 0 Å². The molecule has 7 nitrogen and oxygen atoms in total. The number of aromatic nitrogens is 3. The van der Waals surface area contributed by atoms with E-state index in [4.69, 9.17) is 5.11 Å². The molecule has 0 bridgehead atoms. The lowest BCUT2D eigenvalue weighted by atomic mass is 10.2. The highest BCUT2D eigenvalue weighted by atomic mass is 79.9. The molecule has 1 rings (SSSR count). The predicted molar refractivity (Wildman–Crippen MR) is 50.6 cm³/mol. The largest absolute Gasteiger partial charge is 0.492 e. The van der Waals surface area contributed by atoms with Crippen LogP contribution in [-0.2, 0) is 6.54 Å². The van der Waals surface area contributed by atoms with E-state index in [0.29, 0.717) is 11.3 Å². The number of aliphatic hydroxyl groups excluding tert-OH is 1. The number of nitro groups is 1. The van der Waals surface area contributed by atoms with Gasteiger partial charge in [-0.3, -0.25) is 0 Å². The van der Waals surface area contributed by atoms with Gasteiger partial charge in [0.2, 0.25) is 0 Å². The molecule has 0 saturated carbocycles. The standard InChI is InChI=1S/C6H9BrN4O3/c1-4(3-12)2-10-5(7)8-6(9-10)11(13)14/h4,12H,2-3H2,1H3. The normalized spacial score (nSPS) is 12.8. The fourth-order valence-electron chi connectivity index (χ4n) is 0.858. The van der Waals surface area contributed by atoms with Crippen molar-refractivity contribution >= 4 is 21.9 Å². The Morgan fingerprint density at radius 1 is 1.79 bits per heavy atom. The second kappa shape index (κ2) is 4.47. The van der Waals surface area contributed by atoms with E-state index in [1.165, 1.54) is 4.68 Å². The van der Waals surface area contributed by atoms with Crippen LogP contribution in [0.4, 0.5) is 5.95 Å². The van der Waals surface area contributed by atoms with E-state index < -0.39 is 10.9 Å². The van der Waals surface area contributed by atoms with Gasteiger partial charge >= 0.3 is 5.95 Å². The summed E-state index contributed by atoms with van der Waals surface area (Å²) in [6, 6.07) is 0. The first-order chi connectivity index (χ1) is 6.54. The van der Waals surface area contributed by atoms with Crippen molar-refractivity contribution in [1.29, 1.82) is 0 Å². The summed E-state index contributed by atoms with van der Waals surface area (Å²) in [7, 11) is 0. The molecule has 0 aromatic carbocycles. The zero-order chi connectivity index (χ0) is 10.7. The Bertz CT molecular complexity index is 340. The van der Waals surface area contributed by atoms with Crippen molar-refractivity contribution in [2.75, 3.05) is 6.61 Å². The first kappa shape index (κ1) is 11.1. The van der Waals surface area contributed by atoms with Gasteiger partial charge in [-0.2, -0.15) is 4.68 Å². The van der Waals surface area contributed by atoms with E-state index in [0.717, 1.165) is 0 Å². The minimum atomic E-state index is -0.662. The van der Waals surface area contributed by atoms with Crippen LogP contribution in [-0.4, -0.2) is 31.4 Å². The van der Waals surface area contributed by atoms with Gasteiger partial charge < -0.3 is 15.2 Å². The molecule has 1 aromatic heterocycles. The molecule has 1 aromatic rings. The van der Waals surface area contributed by atoms with Gasteiger partial charge in [-0.15, -0.1) is 0 Å². The Hall–Kier alpha value is -1.02. The van der Waals surface area contributed by atoms with Crippen molar-refractivity contribution < 1.29 is 10.0 Å². The molecule has 1 N–H and O–H groups in total. The monoisotopic (exact) mass is 264 g/mol. The highest BCUT2D eigenvalue weighted by Gasteiger charge is 2.20. The Morgan fingerprint density at radius 3 is 2.86 bits per heavy atom. The maximum absolute atomic E-state index is 10.3. The van der Waals surface area contributed by atoms with Crippen LogP contribution in [0, 0.1) is 16.0 Å². The number of nitrogens with zero attached hydrogens (tertiary/aromatic N) is 4. The minimum Gasteiger partial charge on any atom is -0.396 e. The van der Waals surface area contributed by atoms with E-state index in [1.54, 1.807) is 6.92 Å². The zero-order valence-corrected chi connectivity index (χ0v) is 9.01. The lowest BCUT2D eigenvalue weighted by Crippen LogP contribution is -2.12. The van der Waals surface area contributed by atoms with Gasteiger partial charge in [0, 0.05) is 33.6 Å². The van der Waals surface area contributed by atoms with Gasteiger partial charge in [-0.1, -0.05) is 6.92 Å². The summed E-state index contributed by atoms with van der Waals surface area (Å²) in [5.41, 5.74) is 0. The molecule has 0 fully saturated rings. The smallest absolute Gasteiger partial charge is 0.396 e. The van der Waals surface area contributed by atoms with Gasteiger partial charge in [0.15, 0.2) is 0 Å². The Kier molecular flexibility index (Phi) is 3.53. The van der Waals surface area contributed by atoms with Crippen molar-refractivity contribution in [1.82, 2.24) is 14.8 Å². The number of hydrogen-bond donors (Lipinski definition) is 1. The summed E-state index contributed by atoms with van der Waals surface area (Å²) in [5, 5.41) is 22.8. The fraction of sp³-hybridized carbons (Fsp3) is 0.667. The second-order valence-corrected chi connectivity index (χ2v) is 3.62. The third kappa shape index (κ3) is 2.48. The van der Waals surface area contributed by atoms with Crippen molar-refractivity contribution in [3.63, 3.8) is 0 Å².